The van der Waals surface area contributed by atoms with Crippen molar-refractivity contribution in [2.24, 2.45) is 0 Å². The second kappa shape index (κ2) is 5.93. The lowest BCUT2D eigenvalue weighted by molar-refractivity contribution is 0.0685. The van der Waals surface area contributed by atoms with Gasteiger partial charge in [-0.15, -0.1) is 22.0 Å². The van der Waals surface area contributed by atoms with Crippen LogP contribution in [0.4, 0.5) is 0 Å². The number of carboxylic acid groups (broad SMARTS) is 1. The molecule has 0 bridgehead atoms. The van der Waals surface area contributed by atoms with Gasteiger partial charge in [0.25, 0.3) is 0 Å². The average molecular weight is 296 g/mol. The number of rotatable bonds is 4. The van der Waals surface area contributed by atoms with Crippen molar-refractivity contribution in [1.29, 1.82) is 0 Å². The summed E-state index contributed by atoms with van der Waals surface area (Å²) in [5, 5.41) is 18.0. The van der Waals surface area contributed by atoms with Gasteiger partial charge in [0, 0.05) is 11.1 Å². The van der Waals surface area contributed by atoms with Gasteiger partial charge >= 0.3 is 5.97 Å². The number of benzene rings is 2. The minimum atomic E-state index is -1.05. The van der Waals surface area contributed by atoms with Crippen molar-refractivity contribution in [2.45, 2.75) is 10.6 Å². The maximum absolute atomic E-state index is 11.4. The lowest BCUT2D eigenvalue weighted by Crippen LogP contribution is -2.05. The molecule has 104 valence electrons. The number of hydrogen-bond donors (Lipinski definition) is 1. The van der Waals surface area contributed by atoms with Gasteiger partial charge in [0.05, 0.1) is 10.4 Å². The topological polar surface area (TPSA) is 63.1 Å². The van der Waals surface area contributed by atoms with E-state index in [1.165, 1.54) is 11.8 Å². The van der Waals surface area contributed by atoms with Gasteiger partial charge in [0.2, 0.25) is 0 Å². The predicted octanol–water partition coefficient (Wildman–Crippen LogP) is 3.62. The standard InChI is InChI=1S/C16H12N2O2S/c19-16(20)14-15(21-10-11-6-2-1-3-7-11)12-8-4-5-9-13(12)17-18-14/h1-9H,10H2,(H,19,20). The predicted molar refractivity (Wildman–Crippen MR) is 82.5 cm³/mol. The highest BCUT2D eigenvalue weighted by Gasteiger charge is 2.16. The minimum Gasteiger partial charge on any atom is -0.476 e. The van der Waals surface area contributed by atoms with Crippen LogP contribution in [0.1, 0.15) is 16.1 Å². The number of aromatic nitrogens is 2. The summed E-state index contributed by atoms with van der Waals surface area (Å²) in [7, 11) is 0. The SMILES string of the molecule is O=C(O)c1nnc2ccccc2c1SCc1ccccc1. The monoisotopic (exact) mass is 296 g/mol. The highest BCUT2D eigenvalue weighted by atomic mass is 32.2. The maximum Gasteiger partial charge on any atom is 0.357 e. The summed E-state index contributed by atoms with van der Waals surface area (Å²) in [6, 6.07) is 17.4. The van der Waals surface area contributed by atoms with Crippen molar-refractivity contribution in [3.8, 4) is 0 Å². The number of carboxylic acids is 1. The van der Waals surface area contributed by atoms with Gasteiger partial charge in [-0.3, -0.25) is 0 Å². The molecule has 0 amide bonds. The second-order valence-electron chi connectivity index (χ2n) is 4.47. The van der Waals surface area contributed by atoms with E-state index in [2.05, 4.69) is 10.2 Å². The highest BCUT2D eigenvalue weighted by molar-refractivity contribution is 7.98. The van der Waals surface area contributed by atoms with E-state index < -0.39 is 5.97 Å². The zero-order valence-corrected chi connectivity index (χ0v) is 11.9. The van der Waals surface area contributed by atoms with Crippen molar-refractivity contribution in [2.75, 3.05) is 0 Å². The Morgan fingerprint density at radius 1 is 1.00 bits per heavy atom. The van der Waals surface area contributed by atoms with Gasteiger partial charge in [-0.25, -0.2) is 4.79 Å². The molecule has 5 heteroatoms. The van der Waals surface area contributed by atoms with Crippen molar-refractivity contribution in [1.82, 2.24) is 10.2 Å². The summed E-state index contributed by atoms with van der Waals surface area (Å²) in [6.07, 6.45) is 0. The summed E-state index contributed by atoms with van der Waals surface area (Å²) in [5.74, 6) is -0.361. The Morgan fingerprint density at radius 3 is 2.48 bits per heavy atom. The molecule has 3 aromatic rings. The van der Waals surface area contributed by atoms with E-state index in [0.29, 0.717) is 16.2 Å². The van der Waals surface area contributed by atoms with E-state index in [4.69, 9.17) is 0 Å². The molecule has 3 rings (SSSR count). The Balaban J connectivity index is 2.02. The molecule has 4 nitrogen and oxygen atoms in total. The summed E-state index contributed by atoms with van der Waals surface area (Å²) >= 11 is 1.47. The molecule has 0 saturated carbocycles. The van der Waals surface area contributed by atoms with Crippen molar-refractivity contribution >= 4 is 28.6 Å². The van der Waals surface area contributed by atoms with Gasteiger partial charge in [-0.2, -0.15) is 0 Å². The molecule has 1 heterocycles. The lowest BCUT2D eigenvalue weighted by atomic mass is 10.2. The third-order valence-corrected chi connectivity index (χ3v) is 4.23. The average Bonchev–Trinajstić information content (AvgIpc) is 2.53. The van der Waals surface area contributed by atoms with Crippen LogP contribution in [-0.2, 0) is 5.75 Å². The quantitative estimate of drug-likeness (QED) is 0.745. The Kier molecular flexibility index (Phi) is 3.83. The second-order valence-corrected chi connectivity index (χ2v) is 5.46. The molecule has 1 N–H and O–H groups in total. The van der Waals surface area contributed by atoms with Gasteiger partial charge in [0.15, 0.2) is 5.69 Å². The molecule has 0 radical (unpaired) electrons. The molecule has 2 aromatic carbocycles. The first-order chi connectivity index (χ1) is 10.3. The van der Waals surface area contributed by atoms with E-state index in [-0.39, 0.29) is 5.69 Å². The van der Waals surface area contributed by atoms with E-state index in [1.54, 1.807) is 0 Å². The van der Waals surface area contributed by atoms with Crippen molar-refractivity contribution in [3.63, 3.8) is 0 Å². The van der Waals surface area contributed by atoms with Crippen LogP contribution in [0.5, 0.6) is 0 Å². The summed E-state index contributed by atoms with van der Waals surface area (Å²) in [4.78, 5) is 12.0. The number of hydrogen-bond acceptors (Lipinski definition) is 4. The summed E-state index contributed by atoms with van der Waals surface area (Å²) in [6.45, 7) is 0. The Morgan fingerprint density at radius 2 is 1.71 bits per heavy atom. The highest BCUT2D eigenvalue weighted by Crippen LogP contribution is 2.31. The zero-order chi connectivity index (χ0) is 14.7. The zero-order valence-electron chi connectivity index (χ0n) is 11.1. The summed E-state index contributed by atoms with van der Waals surface area (Å²) < 4.78 is 0. The summed E-state index contributed by atoms with van der Waals surface area (Å²) in [5.41, 5.74) is 1.85. The van der Waals surface area contributed by atoms with E-state index >= 15 is 0 Å². The van der Waals surface area contributed by atoms with Gasteiger partial charge < -0.3 is 5.11 Å². The molecule has 0 saturated heterocycles. The van der Waals surface area contributed by atoms with Gasteiger partial charge in [0.1, 0.15) is 0 Å². The first kappa shape index (κ1) is 13.6. The number of aromatic carboxylic acids is 1. The first-order valence-electron chi connectivity index (χ1n) is 6.41. The largest absolute Gasteiger partial charge is 0.476 e. The van der Waals surface area contributed by atoms with Gasteiger partial charge in [-0.05, 0) is 11.6 Å². The molecule has 21 heavy (non-hydrogen) atoms. The molecule has 0 atom stereocenters. The minimum absolute atomic E-state index is 0.00892. The third-order valence-electron chi connectivity index (χ3n) is 3.05. The van der Waals surface area contributed by atoms with Crippen LogP contribution >= 0.6 is 11.8 Å². The van der Waals surface area contributed by atoms with E-state index in [0.717, 1.165) is 10.9 Å². The van der Waals surface area contributed by atoms with Crippen molar-refractivity contribution in [3.05, 3.63) is 65.9 Å². The number of fused-ring (bicyclic) bond motifs is 1. The number of thioether (sulfide) groups is 1. The van der Waals surface area contributed by atoms with Crippen LogP contribution in [0, 0.1) is 0 Å². The number of nitrogens with zero attached hydrogens (tertiary/aromatic N) is 2. The van der Waals surface area contributed by atoms with Crippen LogP contribution < -0.4 is 0 Å². The fraction of sp³-hybridized carbons (Fsp3) is 0.0625. The lowest BCUT2D eigenvalue weighted by Gasteiger charge is -2.08. The van der Waals surface area contributed by atoms with Gasteiger partial charge in [-0.1, -0.05) is 48.5 Å². The van der Waals surface area contributed by atoms with Crippen LogP contribution in [-0.4, -0.2) is 21.3 Å². The molecule has 0 aliphatic heterocycles. The van der Waals surface area contributed by atoms with Crippen LogP contribution in [0.25, 0.3) is 10.9 Å². The molecule has 0 unspecified atom stereocenters. The Hall–Kier alpha value is -2.40. The molecule has 0 aliphatic rings. The van der Waals surface area contributed by atoms with Crippen LogP contribution in [0.2, 0.25) is 0 Å². The third kappa shape index (κ3) is 2.87. The van der Waals surface area contributed by atoms with Crippen LogP contribution in [0.15, 0.2) is 59.5 Å². The Labute approximate surface area is 125 Å². The number of carbonyl (C=O) groups is 1. The molecule has 0 fully saturated rings. The molecule has 0 spiro atoms. The smallest absolute Gasteiger partial charge is 0.357 e. The van der Waals surface area contributed by atoms with Crippen LogP contribution in [0.3, 0.4) is 0 Å². The molecular formula is C16H12N2O2S. The van der Waals surface area contributed by atoms with E-state index in [9.17, 15) is 9.90 Å². The van der Waals surface area contributed by atoms with E-state index in [1.807, 2.05) is 54.6 Å². The first-order valence-corrected chi connectivity index (χ1v) is 7.39. The molecule has 1 aromatic heterocycles. The molecule has 0 aliphatic carbocycles. The Bertz CT molecular complexity index is 791. The molecular weight excluding hydrogens is 284 g/mol. The fourth-order valence-electron chi connectivity index (χ4n) is 2.05. The fourth-order valence-corrected chi connectivity index (χ4v) is 3.14. The van der Waals surface area contributed by atoms with Crippen molar-refractivity contribution < 1.29 is 9.90 Å². The maximum atomic E-state index is 11.4. The normalized spacial score (nSPS) is 10.7.